The van der Waals surface area contributed by atoms with E-state index in [1.807, 2.05) is 12.1 Å². The zero-order valence-electron chi connectivity index (χ0n) is 9.58. The van der Waals surface area contributed by atoms with Gasteiger partial charge in [0.05, 0.1) is 4.88 Å². The van der Waals surface area contributed by atoms with E-state index >= 15 is 0 Å². The predicted molar refractivity (Wildman–Crippen MR) is 63.7 cm³/mol. The summed E-state index contributed by atoms with van der Waals surface area (Å²) in [5, 5.41) is 0. The predicted octanol–water partition coefficient (Wildman–Crippen LogP) is 3.17. The Morgan fingerprint density at radius 3 is 2.73 bits per heavy atom. The van der Waals surface area contributed by atoms with Crippen LogP contribution in [-0.4, -0.2) is 19.0 Å². The Morgan fingerprint density at radius 1 is 1.47 bits per heavy atom. The van der Waals surface area contributed by atoms with Crippen LogP contribution in [0.25, 0.3) is 0 Å². The lowest BCUT2D eigenvalue weighted by atomic mass is 10.2. The Balaban J connectivity index is 2.40. The Kier molecular flexibility index (Phi) is 4.99. The van der Waals surface area contributed by atoms with Gasteiger partial charge >= 0.3 is 0 Å². The molecule has 3 heteroatoms. The maximum Gasteiger partial charge on any atom is 0.198 e. The molecule has 0 aliphatic carbocycles. The molecule has 1 heterocycles. The van der Waals surface area contributed by atoms with Gasteiger partial charge in [0, 0.05) is 11.5 Å². The van der Waals surface area contributed by atoms with Crippen LogP contribution in [0, 0.1) is 5.92 Å². The number of hydrogen-bond acceptors (Lipinski definition) is 3. The molecule has 0 aromatic carbocycles. The third-order valence-corrected chi connectivity index (χ3v) is 3.24. The van der Waals surface area contributed by atoms with Gasteiger partial charge < -0.3 is 4.74 Å². The van der Waals surface area contributed by atoms with Crippen LogP contribution in [0.2, 0.25) is 0 Å². The summed E-state index contributed by atoms with van der Waals surface area (Å²) in [5.41, 5.74) is 0. The Morgan fingerprint density at radius 2 is 2.20 bits per heavy atom. The van der Waals surface area contributed by atoms with E-state index in [0.717, 1.165) is 11.3 Å². The van der Waals surface area contributed by atoms with Crippen LogP contribution in [-0.2, 0) is 11.2 Å². The Bertz CT molecular complexity index is 315. The van der Waals surface area contributed by atoms with Crippen LogP contribution in [0.1, 0.15) is 35.3 Å². The van der Waals surface area contributed by atoms with Crippen molar-refractivity contribution in [2.75, 3.05) is 13.2 Å². The molecule has 0 fully saturated rings. The van der Waals surface area contributed by atoms with E-state index in [4.69, 9.17) is 4.74 Å². The number of ketones is 1. The van der Waals surface area contributed by atoms with Gasteiger partial charge in [-0.05, 0) is 24.5 Å². The van der Waals surface area contributed by atoms with Crippen LogP contribution in [0.5, 0.6) is 0 Å². The molecular weight excluding hydrogens is 208 g/mol. The molecule has 0 N–H and O–H groups in total. The smallest absolute Gasteiger partial charge is 0.198 e. The van der Waals surface area contributed by atoms with Crippen LogP contribution < -0.4 is 0 Å². The number of carbonyl (C=O) groups is 1. The van der Waals surface area contributed by atoms with Crippen molar-refractivity contribution in [1.82, 2.24) is 0 Å². The average molecular weight is 226 g/mol. The summed E-state index contributed by atoms with van der Waals surface area (Å²) in [6, 6.07) is 3.91. The molecule has 2 nitrogen and oxygen atoms in total. The number of aryl methyl sites for hydroxylation is 1. The standard InChI is InChI=1S/C12H18O2S/c1-4-10-5-6-12(15-10)11(13)8-14-7-9(2)3/h5-6,9H,4,7-8H2,1-3H3. The molecule has 0 saturated heterocycles. The van der Waals surface area contributed by atoms with Crippen molar-refractivity contribution in [2.45, 2.75) is 27.2 Å². The lowest BCUT2D eigenvalue weighted by molar-refractivity contribution is 0.0709. The van der Waals surface area contributed by atoms with Crippen molar-refractivity contribution >= 4 is 17.1 Å². The lowest BCUT2D eigenvalue weighted by Crippen LogP contribution is -2.11. The maximum atomic E-state index is 11.6. The van der Waals surface area contributed by atoms with E-state index in [1.54, 1.807) is 11.3 Å². The topological polar surface area (TPSA) is 26.3 Å². The van der Waals surface area contributed by atoms with Crippen LogP contribution >= 0.6 is 11.3 Å². The van der Waals surface area contributed by atoms with Gasteiger partial charge in [-0.2, -0.15) is 0 Å². The molecule has 15 heavy (non-hydrogen) atoms. The second kappa shape index (κ2) is 6.03. The number of rotatable bonds is 6. The van der Waals surface area contributed by atoms with E-state index in [1.165, 1.54) is 4.88 Å². The van der Waals surface area contributed by atoms with Gasteiger partial charge in [-0.15, -0.1) is 11.3 Å². The molecule has 0 aliphatic heterocycles. The van der Waals surface area contributed by atoms with E-state index in [2.05, 4.69) is 20.8 Å². The third kappa shape index (κ3) is 4.14. The molecule has 0 saturated carbocycles. The highest BCUT2D eigenvalue weighted by molar-refractivity contribution is 7.14. The largest absolute Gasteiger partial charge is 0.373 e. The van der Waals surface area contributed by atoms with Crippen molar-refractivity contribution < 1.29 is 9.53 Å². The fraction of sp³-hybridized carbons (Fsp3) is 0.583. The molecule has 1 rings (SSSR count). The van der Waals surface area contributed by atoms with Gasteiger partial charge in [0.1, 0.15) is 6.61 Å². The molecule has 0 aliphatic rings. The minimum absolute atomic E-state index is 0.0975. The van der Waals surface area contributed by atoms with Crippen molar-refractivity contribution in [3.05, 3.63) is 21.9 Å². The first-order valence-electron chi connectivity index (χ1n) is 5.33. The minimum Gasteiger partial charge on any atom is -0.373 e. The summed E-state index contributed by atoms with van der Waals surface area (Å²) in [5.74, 6) is 0.577. The summed E-state index contributed by atoms with van der Waals surface area (Å²) in [6.07, 6.45) is 0.991. The molecular formula is C12H18O2S. The van der Waals surface area contributed by atoms with Crippen LogP contribution in [0.3, 0.4) is 0 Å². The molecule has 0 radical (unpaired) electrons. The summed E-state index contributed by atoms with van der Waals surface area (Å²) in [6.45, 7) is 7.10. The van der Waals surface area contributed by atoms with E-state index in [9.17, 15) is 4.79 Å². The summed E-state index contributed by atoms with van der Waals surface area (Å²) < 4.78 is 5.31. The zero-order chi connectivity index (χ0) is 11.3. The second-order valence-electron chi connectivity index (χ2n) is 3.95. The van der Waals surface area contributed by atoms with Crippen molar-refractivity contribution in [3.63, 3.8) is 0 Å². The normalized spacial score (nSPS) is 10.9. The quantitative estimate of drug-likeness (QED) is 0.696. The van der Waals surface area contributed by atoms with Crippen molar-refractivity contribution in [3.8, 4) is 0 Å². The van der Waals surface area contributed by atoms with Gasteiger partial charge in [-0.1, -0.05) is 20.8 Å². The first-order chi connectivity index (χ1) is 7.13. The van der Waals surface area contributed by atoms with Crippen molar-refractivity contribution in [1.29, 1.82) is 0 Å². The van der Waals surface area contributed by atoms with E-state index in [-0.39, 0.29) is 12.4 Å². The SMILES string of the molecule is CCc1ccc(C(=O)COCC(C)C)s1. The molecule has 0 spiro atoms. The number of ether oxygens (including phenoxy) is 1. The first-order valence-corrected chi connectivity index (χ1v) is 6.14. The van der Waals surface area contributed by atoms with Gasteiger partial charge in [-0.3, -0.25) is 4.79 Å². The number of Topliss-reactive ketones (excluding diaryl/α,β-unsaturated/α-hetero) is 1. The zero-order valence-corrected chi connectivity index (χ0v) is 10.4. The van der Waals surface area contributed by atoms with Gasteiger partial charge in [0.2, 0.25) is 0 Å². The van der Waals surface area contributed by atoms with E-state index in [0.29, 0.717) is 12.5 Å². The molecule has 0 atom stereocenters. The molecule has 1 aromatic heterocycles. The number of thiophene rings is 1. The minimum atomic E-state index is 0.0975. The summed E-state index contributed by atoms with van der Waals surface area (Å²) in [7, 11) is 0. The molecule has 84 valence electrons. The summed E-state index contributed by atoms with van der Waals surface area (Å²) in [4.78, 5) is 13.7. The number of carbonyl (C=O) groups excluding carboxylic acids is 1. The fourth-order valence-corrected chi connectivity index (χ4v) is 2.05. The van der Waals surface area contributed by atoms with Gasteiger partial charge in [0.25, 0.3) is 0 Å². The maximum absolute atomic E-state index is 11.6. The first kappa shape index (κ1) is 12.4. The highest BCUT2D eigenvalue weighted by atomic mass is 32.1. The average Bonchev–Trinajstić information content (AvgIpc) is 2.65. The summed E-state index contributed by atoms with van der Waals surface area (Å²) >= 11 is 1.57. The van der Waals surface area contributed by atoms with Crippen LogP contribution in [0.4, 0.5) is 0 Å². The highest BCUT2D eigenvalue weighted by Crippen LogP contribution is 2.17. The highest BCUT2D eigenvalue weighted by Gasteiger charge is 2.09. The van der Waals surface area contributed by atoms with Gasteiger partial charge in [0.15, 0.2) is 5.78 Å². The number of hydrogen-bond donors (Lipinski definition) is 0. The molecule has 1 aromatic rings. The third-order valence-electron chi connectivity index (χ3n) is 1.97. The monoisotopic (exact) mass is 226 g/mol. The molecule has 0 bridgehead atoms. The van der Waals surface area contributed by atoms with Gasteiger partial charge in [-0.25, -0.2) is 0 Å². The molecule has 0 unspecified atom stereocenters. The molecule has 0 amide bonds. The second-order valence-corrected chi connectivity index (χ2v) is 5.12. The Labute approximate surface area is 95.3 Å². The Hall–Kier alpha value is -0.670. The fourth-order valence-electron chi connectivity index (χ4n) is 1.18. The van der Waals surface area contributed by atoms with Crippen LogP contribution in [0.15, 0.2) is 12.1 Å². The van der Waals surface area contributed by atoms with E-state index < -0.39 is 0 Å². The lowest BCUT2D eigenvalue weighted by Gasteiger charge is -2.04. The van der Waals surface area contributed by atoms with Crippen molar-refractivity contribution in [2.24, 2.45) is 5.92 Å².